The molecule has 0 radical (unpaired) electrons. The lowest BCUT2D eigenvalue weighted by Crippen LogP contribution is -2.35. The van der Waals surface area contributed by atoms with Crippen LogP contribution in [0, 0.1) is 5.92 Å². The molecule has 0 spiro atoms. The van der Waals surface area contributed by atoms with Gasteiger partial charge >= 0.3 is 0 Å². The second-order valence-electron chi connectivity index (χ2n) is 2.74. The molecule has 2 N–H and O–H groups in total. The Bertz CT molecular complexity index is 99.8. The largest absolute Gasteiger partial charge is 0.358 e. The van der Waals surface area contributed by atoms with Crippen molar-refractivity contribution in [2.45, 2.75) is 12.8 Å². The molecule has 0 aromatic carbocycles. The first-order chi connectivity index (χ1) is 4.93. The van der Waals surface area contributed by atoms with Crippen LogP contribution < -0.4 is 10.6 Å². The van der Waals surface area contributed by atoms with Crippen molar-refractivity contribution >= 4 is 6.41 Å². The molecule has 0 bridgehead atoms. The average molecular weight is 142 g/mol. The first-order valence-corrected chi connectivity index (χ1v) is 3.81. The fourth-order valence-corrected chi connectivity index (χ4v) is 1.31. The Morgan fingerprint density at radius 2 is 2.60 bits per heavy atom. The fourth-order valence-electron chi connectivity index (χ4n) is 1.31. The maximum Gasteiger partial charge on any atom is 0.207 e. The third-order valence-corrected chi connectivity index (χ3v) is 1.89. The summed E-state index contributed by atoms with van der Waals surface area (Å²) in [5.74, 6) is 0.652. The maximum absolute atomic E-state index is 9.92. The van der Waals surface area contributed by atoms with Crippen molar-refractivity contribution in [2.24, 2.45) is 5.92 Å². The highest BCUT2D eigenvalue weighted by Gasteiger charge is 2.11. The van der Waals surface area contributed by atoms with Crippen LogP contribution in [0.15, 0.2) is 0 Å². The third-order valence-electron chi connectivity index (χ3n) is 1.89. The molecule has 1 unspecified atom stereocenters. The number of rotatable bonds is 3. The van der Waals surface area contributed by atoms with E-state index >= 15 is 0 Å². The van der Waals surface area contributed by atoms with Crippen molar-refractivity contribution in [2.75, 3.05) is 19.6 Å². The molecule has 0 aromatic rings. The minimum Gasteiger partial charge on any atom is -0.358 e. The van der Waals surface area contributed by atoms with E-state index in [-0.39, 0.29) is 0 Å². The lowest BCUT2D eigenvalue weighted by molar-refractivity contribution is -0.109. The van der Waals surface area contributed by atoms with Crippen molar-refractivity contribution in [1.29, 1.82) is 0 Å². The number of hydrogen-bond acceptors (Lipinski definition) is 2. The van der Waals surface area contributed by atoms with Crippen LogP contribution in [0.4, 0.5) is 0 Å². The van der Waals surface area contributed by atoms with Crippen LogP contribution in [0.3, 0.4) is 0 Å². The minimum atomic E-state index is 0.652. The summed E-state index contributed by atoms with van der Waals surface area (Å²) in [6, 6.07) is 0. The molecule has 0 saturated carbocycles. The molecule has 3 nitrogen and oxygen atoms in total. The standard InChI is InChI=1S/C7H14N2O/c10-6-9-5-7-2-1-3-8-4-7/h6-8H,1-5H2,(H,9,10). The van der Waals surface area contributed by atoms with Crippen molar-refractivity contribution in [1.82, 2.24) is 10.6 Å². The van der Waals surface area contributed by atoms with Gasteiger partial charge < -0.3 is 10.6 Å². The van der Waals surface area contributed by atoms with Crippen LogP contribution >= 0.6 is 0 Å². The van der Waals surface area contributed by atoms with E-state index < -0.39 is 0 Å². The van der Waals surface area contributed by atoms with Gasteiger partial charge in [-0.3, -0.25) is 4.79 Å². The molecule has 1 aliphatic heterocycles. The predicted molar refractivity (Wildman–Crippen MR) is 39.7 cm³/mol. The van der Waals surface area contributed by atoms with Gasteiger partial charge in [0, 0.05) is 6.54 Å². The van der Waals surface area contributed by atoms with E-state index in [0.717, 1.165) is 26.0 Å². The Kier molecular flexibility index (Phi) is 3.22. The quantitative estimate of drug-likeness (QED) is 0.533. The first kappa shape index (κ1) is 7.54. The lowest BCUT2D eigenvalue weighted by Gasteiger charge is -2.21. The Balaban J connectivity index is 2.07. The number of amides is 1. The molecule has 58 valence electrons. The highest BCUT2D eigenvalue weighted by molar-refractivity contribution is 5.45. The summed E-state index contributed by atoms with van der Waals surface area (Å²) in [5, 5.41) is 5.99. The molecule has 1 aliphatic rings. The molecule has 0 aliphatic carbocycles. The van der Waals surface area contributed by atoms with Gasteiger partial charge in [0.25, 0.3) is 0 Å². The molecule has 0 aromatic heterocycles. The molecule has 1 amide bonds. The maximum atomic E-state index is 9.92. The summed E-state index contributed by atoms with van der Waals surface area (Å²) in [4.78, 5) is 9.92. The van der Waals surface area contributed by atoms with Crippen molar-refractivity contribution in [3.8, 4) is 0 Å². The Hall–Kier alpha value is -0.570. The first-order valence-electron chi connectivity index (χ1n) is 3.81. The van der Waals surface area contributed by atoms with E-state index in [0.29, 0.717) is 5.92 Å². The number of hydrogen-bond donors (Lipinski definition) is 2. The van der Waals surface area contributed by atoms with Gasteiger partial charge in [0.05, 0.1) is 0 Å². The van der Waals surface area contributed by atoms with Gasteiger partial charge in [-0.2, -0.15) is 0 Å². The Morgan fingerprint density at radius 1 is 1.70 bits per heavy atom. The van der Waals surface area contributed by atoms with Crippen molar-refractivity contribution in [3.63, 3.8) is 0 Å². The van der Waals surface area contributed by atoms with Gasteiger partial charge in [-0.25, -0.2) is 0 Å². The zero-order valence-electron chi connectivity index (χ0n) is 6.10. The van der Waals surface area contributed by atoms with E-state index in [2.05, 4.69) is 10.6 Å². The average Bonchev–Trinajstić information content (AvgIpc) is 2.03. The minimum absolute atomic E-state index is 0.652. The topological polar surface area (TPSA) is 41.1 Å². The highest BCUT2D eigenvalue weighted by Crippen LogP contribution is 2.07. The monoisotopic (exact) mass is 142 g/mol. The molecule has 1 heterocycles. The van der Waals surface area contributed by atoms with Gasteiger partial charge in [0.1, 0.15) is 0 Å². The second-order valence-corrected chi connectivity index (χ2v) is 2.74. The zero-order chi connectivity index (χ0) is 7.23. The van der Waals surface area contributed by atoms with Crippen LogP contribution in [0.25, 0.3) is 0 Å². The highest BCUT2D eigenvalue weighted by atomic mass is 16.1. The van der Waals surface area contributed by atoms with E-state index in [9.17, 15) is 4.79 Å². The SMILES string of the molecule is O=CNCC1CCCNC1. The van der Waals surface area contributed by atoms with Gasteiger partial charge in [-0.15, -0.1) is 0 Å². The molecular formula is C7H14N2O. The molecule has 10 heavy (non-hydrogen) atoms. The summed E-state index contributed by atoms with van der Waals surface area (Å²) < 4.78 is 0. The van der Waals surface area contributed by atoms with Crippen molar-refractivity contribution in [3.05, 3.63) is 0 Å². The fraction of sp³-hybridized carbons (Fsp3) is 0.857. The molecule has 1 fully saturated rings. The van der Waals surface area contributed by atoms with E-state index in [1.165, 1.54) is 12.8 Å². The number of carbonyl (C=O) groups is 1. The summed E-state index contributed by atoms with van der Waals surface area (Å²) >= 11 is 0. The molecule has 1 atom stereocenters. The van der Waals surface area contributed by atoms with Crippen LogP contribution in [0.5, 0.6) is 0 Å². The summed E-state index contributed by atoms with van der Waals surface area (Å²) in [6.07, 6.45) is 3.26. The Labute approximate surface area is 61.2 Å². The van der Waals surface area contributed by atoms with Crippen LogP contribution in [-0.4, -0.2) is 26.0 Å². The number of piperidine rings is 1. The van der Waals surface area contributed by atoms with E-state index in [1.54, 1.807) is 0 Å². The molecule has 1 rings (SSSR count). The summed E-state index contributed by atoms with van der Waals surface area (Å²) in [5.41, 5.74) is 0. The number of nitrogens with one attached hydrogen (secondary N) is 2. The van der Waals surface area contributed by atoms with Gasteiger partial charge in [-0.1, -0.05) is 0 Å². The van der Waals surface area contributed by atoms with Crippen LogP contribution in [-0.2, 0) is 4.79 Å². The molecule has 1 saturated heterocycles. The normalized spacial score (nSPS) is 25.8. The lowest BCUT2D eigenvalue weighted by atomic mass is 10.00. The molecule has 3 heteroatoms. The molecular weight excluding hydrogens is 128 g/mol. The van der Waals surface area contributed by atoms with E-state index in [1.807, 2.05) is 0 Å². The Morgan fingerprint density at radius 3 is 3.20 bits per heavy atom. The predicted octanol–water partition coefficient (Wildman–Crippen LogP) is -0.268. The number of carbonyl (C=O) groups excluding carboxylic acids is 1. The van der Waals surface area contributed by atoms with Gasteiger partial charge in [0.15, 0.2) is 0 Å². The van der Waals surface area contributed by atoms with Crippen LogP contribution in [0.1, 0.15) is 12.8 Å². The van der Waals surface area contributed by atoms with Gasteiger partial charge in [0.2, 0.25) is 6.41 Å². The summed E-state index contributed by atoms with van der Waals surface area (Å²) in [6.45, 7) is 3.02. The second kappa shape index (κ2) is 4.28. The van der Waals surface area contributed by atoms with E-state index in [4.69, 9.17) is 0 Å². The van der Waals surface area contributed by atoms with Gasteiger partial charge in [-0.05, 0) is 31.8 Å². The van der Waals surface area contributed by atoms with Crippen molar-refractivity contribution < 1.29 is 4.79 Å². The van der Waals surface area contributed by atoms with Crippen LogP contribution in [0.2, 0.25) is 0 Å². The summed E-state index contributed by atoms with van der Waals surface area (Å²) in [7, 11) is 0. The zero-order valence-corrected chi connectivity index (χ0v) is 6.10. The third kappa shape index (κ3) is 2.35. The smallest absolute Gasteiger partial charge is 0.207 e.